The number of hydrogen-bond acceptors (Lipinski definition) is 12. The van der Waals surface area contributed by atoms with E-state index in [1.165, 1.54) is 13.8 Å². The first-order valence-corrected chi connectivity index (χ1v) is 26.7. The predicted octanol–water partition coefficient (Wildman–Crippen LogP) is 0.218. The van der Waals surface area contributed by atoms with Gasteiger partial charge in [-0.1, -0.05) is 109 Å². The molecular weight excluding hydrogens is 1040 g/mol. The van der Waals surface area contributed by atoms with Gasteiger partial charge >= 0.3 is 5.97 Å². The smallest absolute Gasteiger partial charge is 0.303 e. The number of rotatable bonds is 33. The molecule has 81 heavy (non-hydrogen) atoms. The van der Waals surface area contributed by atoms with Crippen LogP contribution in [0.4, 0.5) is 0 Å². The first-order chi connectivity index (χ1) is 38.8. The second-order valence-corrected chi connectivity index (χ2v) is 19.7. The lowest BCUT2D eigenvalue weighted by Gasteiger charge is -2.28. The second kappa shape index (κ2) is 32.2. The summed E-state index contributed by atoms with van der Waals surface area (Å²) >= 11 is 0. The summed E-state index contributed by atoms with van der Waals surface area (Å²) in [4.78, 5) is 137. The molecule has 0 aliphatic rings. The van der Waals surface area contributed by atoms with E-state index in [9.17, 15) is 53.1 Å². The Morgan fingerprint density at radius 3 is 1.47 bits per heavy atom. The molecule has 0 fully saturated rings. The summed E-state index contributed by atoms with van der Waals surface area (Å²) in [5.41, 5.74) is 14.5. The third-order valence-corrected chi connectivity index (χ3v) is 13.1. The van der Waals surface area contributed by atoms with E-state index in [4.69, 9.17) is 16.6 Å². The molecule has 0 saturated carbocycles. The molecule has 0 spiro atoms. The fourth-order valence-corrected chi connectivity index (χ4v) is 8.81. The zero-order valence-electron chi connectivity index (χ0n) is 45.3. The number of aromatic nitrogens is 1. The number of aromatic amines is 1. The van der Waals surface area contributed by atoms with Crippen molar-refractivity contribution in [3.05, 3.63) is 144 Å². The Bertz CT molecular complexity index is 2920. The minimum atomic E-state index is -1.69. The Kier molecular flexibility index (Phi) is 25.0. The fourth-order valence-electron chi connectivity index (χ4n) is 8.81. The second-order valence-electron chi connectivity index (χ2n) is 19.7. The number of nitrogens with two attached hydrogens (primary N) is 2. The maximum Gasteiger partial charge on any atom is 0.303 e. The SMILES string of the molecule is CC(=O)NCCCC[C@H](NC(=O)[C@@H](Cc1c[nH]c2ccccc12)NC(=O)[C@H](Cc1ccccc1)NC(=O)[C@H](Cc1ccccc1)NC(=O)[C@@H](N)CC(N)=O)C(=O)N[C@H](C(=O)N[C@@H](Cc1ccccc1)C(=O)NCCCC(=O)O)[C@@H](C)O. The zero-order valence-corrected chi connectivity index (χ0v) is 45.3. The van der Waals surface area contributed by atoms with Crippen LogP contribution >= 0.6 is 0 Å². The summed E-state index contributed by atoms with van der Waals surface area (Å²) in [6.07, 6.45) is -0.303. The molecule has 15 N–H and O–H groups in total. The normalized spacial score (nSPS) is 14.0. The van der Waals surface area contributed by atoms with Gasteiger partial charge in [0.05, 0.1) is 18.6 Å². The number of nitrogens with one attached hydrogen (secondary N) is 9. The zero-order chi connectivity index (χ0) is 58.8. The minimum Gasteiger partial charge on any atom is -0.481 e. The number of aliphatic hydroxyl groups excluding tert-OH is 1. The van der Waals surface area contributed by atoms with E-state index < -0.39 is 108 Å². The number of carboxylic acid groups (broad SMARTS) is 1. The molecule has 0 aliphatic carbocycles. The average Bonchev–Trinajstić information content (AvgIpc) is 3.85. The van der Waals surface area contributed by atoms with E-state index in [1.807, 2.05) is 18.2 Å². The van der Waals surface area contributed by atoms with Gasteiger partial charge in [-0.3, -0.25) is 47.9 Å². The van der Waals surface area contributed by atoms with Gasteiger partial charge in [-0.15, -0.1) is 0 Å². The number of aliphatic carboxylic acids is 1. The number of carbonyl (C=O) groups excluding carboxylic acids is 9. The van der Waals surface area contributed by atoms with E-state index in [-0.39, 0.29) is 70.4 Å². The average molecular weight is 1120 g/mol. The number of carbonyl (C=O) groups is 10. The Labute approximate surface area is 468 Å². The number of unbranched alkanes of at least 4 members (excludes halogenated alkanes) is 1. The standard InChI is InChI=1S/C58H73N11O12/c1-35(70)51(58(81)68-45(29-37-17-6-3-7-18-37)53(76)62-28-16-26-50(73)74)69-54(77)44(25-14-15-27-61-36(2)71)64-57(80)48(32-40-34-63-43-24-13-12-23-41(40)43)67-56(79)47(31-39-21-10-5-11-22-39)66-55(78)46(30-38-19-8-4-9-20-38)65-52(75)42(59)33-49(60)72/h3-13,17-24,34-35,42,44-48,51,63,70H,14-16,25-33,59H2,1-2H3,(H2,60,72)(H,61,71)(H,62,76)(H,64,80)(H,65,75)(H,66,78)(H,67,79)(H,68,81)(H,69,77)(H,73,74)/t35-,42+,44+,45+,46+,47+,48-,51+/m1/s1. The Morgan fingerprint density at radius 1 is 0.519 bits per heavy atom. The number of para-hydroxylation sites is 1. The van der Waals surface area contributed by atoms with Crippen molar-refractivity contribution in [3.8, 4) is 0 Å². The van der Waals surface area contributed by atoms with Gasteiger partial charge in [-0.2, -0.15) is 0 Å². The first-order valence-electron chi connectivity index (χ1n) is 26.7. The summed E-state index contributed by atoms with van der Waals surface area (Å²) < 4.78 is 0. The third-order valence-electron chi connectivity index (χ3n) is 13.1. The fraction of sp³-hybridized carbons (Fsp3) is 0.379. The summed E-state index contributed by atoms with van der Waals surface area (Å²) in [5, 5.41) is 42.2. The molecule has 0 radical (unpaired) electrons. The van der Waals surface area contributed by atoms with Crippen molar-refractivity contribution >= 4 is 70.0 Å². The third kappa shape index (κ3) is 21.3. The highest BCUT2D eigenvalue weighted by Crippen LogP contribution is 2.20. The number of carboxylic acids is 1. The molecule has 4 aromatic carbocycles. The summed E-state index contributed by atoms with van der Waals surface area (Å²) in [6, 6.07) is 23.4. The summed E-state index contributed by atoms with van der Waals surface area (Å²) in [6.45, 7) is 2.80. The number of H-pyrrole nitrogens is 1. The molecule has 9 amide bonds. The van der Waals surface area contributed by atoms with E-state index in [0.717, 1.165) is 5.52 Å². The Morgan fingerprint density at radius 2 is 0.963 bits per heavy atom. The molecule has 1 heterocycles. The van der Waals surface area contributed by atoms with Gasteiger partial charge in [0, 0.05) is 69.2 Å². The highest BCUT2D eigenvalue weighted by atomic mass is 16.4. The van der Waals surface area contributed by atoms with Crippen LogP contribution in [0.1, 0.15) is 74.6 Å². The van der Waals surface area contributed by atoms with E-state index in [1.54, 1.807) is 103 Å². The van der Waals surface area contributed by atoms with Crippen LogP contribution in [0.15, 0.2) is 121 Å². The number of benzene rings is 4. The quantitative estimate of drug-likeness (QED) is 0.0251. The van der Waals surface area contributed by atoms with Gasteiger partial charge in [0.15, 0.2) is 0 Å². The van der Waals surface area contributed by atoms with Crippen LogP contribution in [0, 0.1) is 0 Å². The molecule has 5 aromatic rings. The molecule has 0 saturated heterocycles. The van der Waals surface area contributed by atoms with Crippen LogP contribution in [-0.4, -0.2) is 136 Å². The number of aliphatic hydroxyl groups is 1. The van der Waals surface area contributed by atoms with Gasteiger partial charge < -0.3 is 69.2 Å². The van der Waals surface area contributed by atoms with Crippen molar-refractivity contribution in [1.82, 2.24) is 47.5 Å². The topological polar surface area (TPSA) is 375 Å². The minimum absolute atomic E-state index is 0.0117. The first kappa shape index (κ1) is 62.9. The molecule has 0 unspecified atom stereocenters. The monoisotopic (exact) mass is 1120 g/mol. The molecule has 0 aliphatic heterocycles. The van der Waals surface area contributed by atoms with Gasteiger partial charge in [0.1, 0.15) is 36.3 Å². The largest absolute Gasteiger partial charge is 0.481 e. The molecule has 23 nitrogen and oxygen atoms in total. The summed E-state index contributed by atoms with van der Waals surface area (Å²) in [5.74, 6) is -8.05. The number of fused-ring (bicyclic) bond motifs is 1. The summed E-state index contributed by atoms with van der Waals surface area (Å²) in [7, 11) is 0. The Balaban J connectivity index is 1.46. The Hall–Kier alpha value is -8.96. The lowest BCUT2D eigenvalue weighted by atomic mass is 10.00. The van der Waals surface area contributed by atoms with E-state index in [0.29, 0.717) is 34.1 Å². The van der Waals surface area contributed by atoms with E-state index in [2.05, 4.69) is 47.5 Å². The predicted molar refractivity (Wildman–Crippen MR) is 300 cm³/mol. The molecular formula is C58H73N11O12. The number of amides is 9. The molecule has 23 heteroatoms. The molecule has 432 valence electrons. The van der Waals surface area contributed by atoms with Crippen molar-refractivity contribution in [3.63, 3.8) is 0 Å². The van der Waals surface area contributed by atoms with Crippen LogP contribution in [0.2, 0.25) is 0 Å². The van der Waals surface area contributed by atoms with Crippen LogP contribution in [0.25, 0.3) is 10.9 Å². The van der Waals surface area contributed by atoms with Crippen molar-refractivity contribution in [2.75, 3.05) is 13.1 Å². The van der Waals surface area contributed by atoms with Gasteiger partial charge in [0.25, 0.3) is 0 Å². The van der Waals surface area contributed by atoms with Gasteiger partial charge in [-0.05, 0) is 60.9 Å². The van der Waals surface area contributed by atoms with Gasteiger partial charge in [0.2, 0.25) is 53.2 Å². The van der Waals surface area contributed by atoms with Crippen molar-refractivity contribution in [2.24, 2.45) is 11.5 Å². The highest BCUT2D eigenvalue weighted by Gasteiger charge is 2.36. The maximum atomic E-state index is 14.9. The van der Waals surface area contributed by atoms with Crippen LogP contribution < -0.4 is 54.0 Å². The van der Waals surface area contributed by atoms with Crippen LogP contribution in [0.3, 0.4) is 0 Å². The van der Waals surface area contributed by atoms with Crippen molar-refractivity contribution in [1.29, 1.82) is 0 Å². The lowest BCUT2D eigenvalue weighted by Crippen LogP contribution is -2.62. The van der Waals surface area contributed by atoms with Crippen molar-refractivity contribution in [2.45, 2.75) is 126 Å². The lowest BCUT2D eigenvalue weighted by molar-refractivity contribution is -0.137. The number of hydrogen-bond donors (Lipinski definition) is 13. The maximum absolute atomic E-state index is 14.9. The highest BCUT2D eigenvalue weighted by molar-refractivity contribution is 5.98. The van der Waals surface area contributed by atoms with Crippen LogP contribution in [0.5, 0.6) is 0 Å². The van der Waals surface area contributed by atoms with Gasteiger partial charge in [-0.25, -0.2) is 0 Å². The molecule has 1 aromatic heterocycles. The van der Waals surface area contributed by atoms with E-state index >= 15 is 0 Å². The molecule has 0 bridgehead atoms. The van der Waals surface area contributed by atoms with Crippen molar-refractivity contribution < 1.29 is 58.2 Å². The molecule has 5 rings (SSSR count). The number of primary amides is 1. The molecule has 8 atom stereocenters. The van der Waals surface area contributed by atoms with Crippen LogP contribution in [-0.2, 0) is 73.6 Å².